The van der Waals surface area contributed by atoms with E-state index in [1.54, 1.807) is 9.80 Å². The van der Waals surface area contributed by atoms with Crippen LogP contribution >= 0.6 is 0 Å². The molecule has 0 bridgehead atoms. The van der Waals surface area contributed by atoms with Gasteiger partial charge in [0.05, 0.1) is 6.42 Å². The minimum absolute atomic E-state index is 0.0187. The number of benzene rings is 2. The number of amides is 4. The quantitative estimate of drug-likeness (QED) is 0.118. The normalized spacial score (nSPS) is 16.2. The highest BCUT2D eigenvalue weighted by Crippen LogP contribution is 2.22. The number of likely N-dealkylation sites (tertiary alicyclic amines) is 2. The van der Waals surface area contributed by atoms with Crippen LogP contribution in [0.3, 0.4) is 0 Å². The molecule has 2 fully saturated rings. The maximum Gasteiger partial charge on any atom is 0.242 e. The van der Waals surface area contributed by atoms with Gasteiger partial charge in [0, 0.05) is 32.6 Å². The molecule has 2 aliphatic heterocycles. The van der Waals surface area contributed by atoms with Gasteiger partial charge in [-0.25, -0.2) is 0 Å². The highest BCUT2D eigenvalue weighted by Gasteiger charge is 2.34. The van der Waals surface area contributed by atoms with E-state index in [-0.39, 0.29) is 35.7 Å². The molecule has 0 aliphatic carbocycles. The minimum Gasteiger partial charge on any atom is -0.354 e. The van der Waals surface area contributed by atoms with E-state index in [1.165, 1.54) is 0 Å². The monoisotopic (exact) mass is 737 g/mol. The predicted octanol–water partition coefficient (Wildman–Crippen LogP) is 3.45. The van der Waals surface area contributed by atoms with Gasteiger partial charge in [-0.05, 0) is 101 Å². The van der Waals surface area contributed by atoms with Gasteiger partial charge in [0.25, 0.3) is 0 Å². The molecule has 0 radical (unpaired) electrons. The molecule has 0 spiro atoms. The molecule has 0 aromatic heterocycles. The van der Waals surface area contributed by atoms with Crippen molar-refractivity contribution in [2.75, 3.05) is 52.4 Å². The number of hydrogen-bond acceptors (Lipinski definition) is 8. The second kappa shape index (κ2) is 27.7. The summed E-state index contributed by atoms with van der Waals surface area (Å²) in [5.41, 5.74) is 24.3. The van der Waals surface area contributed by atoms with Gasteiger partial charge in [-0.2, -0.15) is 0 Å². The van der Waals surface area contributed by atoms with Gasteiger partial charge in [0.1, 0.15) is 12.1 Å². The summed E-state index contributed by atoms with van der Waals surface area (Å²) in [7, 11) is 0. The number of carbonyl (C=O) groups excluding carboxylic acids is 4. The van der Waals surface area contributed by atoms with E-state index in [0.717, 1.165) is 113 Å². The van der Waals surface area contributed by atoms with Gasteiger partial charge in [0.15, 0.2) is 0 Å². The van der Waals surface area contributed by atoms with E-state index in [2.05, 4.69) is 29.7 Å². The Morgan fingerprint density at radius 3 is 1.66 bits per heavy atom. The number of carbonyl (C=O) groups is 4. The first kappa shape index (κ1) is 45.3. The van der Waals surface area contributed by atoms with Crippen LogP contribution in [0.15, 0.2) is 54.6 Å². The first-order valence-electron chi connectivity index (χ1n) is 19.9. The fourth-order valence-corrected chi connectivity index (χ4v) is 6.39. The third kappa shape index (κ3) is 17.2. The molecule has 2 aromatic carbocycles. The summed E-state index contributed by atoms with van der Waals surface area (Å²) in [4.78, 5) is 53.0. The molecular formula is C41H68N8O4. The third-order valence-corrected chi connectivity index (χ3v) is 9.43. The Kier molecular flexibility index (Phi) is 23.7. The fourth-order valence-electron chi connectivity index (χ4n) is 6.39. The summed E-state index contributed by atoms with van der Waals surface area (Å²) in [6, 6.07) is 17.7. The van der Waals surface area contributed by atoms with Crippen LogP contribution in [0.4, 0.5) is 0 Å². The Balaban J connectivity index is 0.000000348. The van der Waals surface area contributed by atoms with Crippen LogP contribution < -0.4 is 33.6 Å². The van der Waals surface area contributed by atoms with Crippen LogP contribution in [0.1, 0.15) is 96.0 Å². The van der Waals surface area contributed by atoms with E-state index >= 15 is 0 Å². The number of nitrogens with zero attached hydrogens (tertiary/aromatic N) is 2. The van der Waals surface area contributed by atoms with Crippen LogP contribution in [0.2, 0.25) is 0 Å². The van der Waals surface area contributed by atoms with Crippen molar-refractivity contribution in [2.45, 2.75) is 109 Å². The third-order valence-electron chi connectivity index (χ3n) is 9.43. The molecule has 296 valence electrons. The van der Waals surface area contributed by atoms with Crippen molar-refractivity contribution in [3.8, 4) is 11.1 Å². The molecule has 2 heterocycles. The van der Waals surface area contributed by atoms with Crippen LogP contribution in [-0.4, -0.2) is 97.9 Å². The van der Waals surface area contributed by atoms with E-state index in [4.69, 9.17) is 22.9 Å². The van der Waals surface area contributed by atoms with E-state index in [1.807, 2.05) is 42.5 Å². The van der Waals surface area contributed by atoms with Gasteiger partial charge < -0.3 is 43.4 Å². The van der Waals surface area contributed by atoms with Crippen molar-refractivity contribution in [2.24, 2.45) is 22.9 Å². The number of rotatable bonds is 19. The van der Waals surface area contributed by atoms with Gasteiger partial charge in [-0.15, -0.1) is 0 Å². The second-order valence-electron chi connectivity index (χ2n) is 13.7. The number of nitrogens with one attached hydrogen (secondary N) is 2. The first-order chi connectivity index (χ1) is 25.8. The lowest BCUT2D eigenvalue weighted by Gasteiger charge is -2.24. The van der Waals surface area contributed by atoms with Crippen LogP contribution in [0, 0.1) is 0 Å². The van der Waals surface area contributed by atoms with Crippen molar-refractivity contribution >= 4 is 23.6 Å². The van der Waals surface area contributed by atoms with Crippen molar-refractivity contribution in [3.63, 3.8) is 0 Å². The molecule has 53 heavy (non-hydrogen) atoms. The summed E-state index contributed by atoms with van der Waals surface area (Å²) in [6.07, 6.45) is 12.0. The van der Waals surface area contributed by atoms with Crippen LogP contribution in [0.25, 0.3) is 11.1 Å². The molecule has 2 aromatic rings. The molecule has 0 saturated carbocycles. The molecule has 4 amide bonds. The van der Waals surface area contributed by atoms with Crippen molar-refractivity contribution in [3.05, 3.63) is 60.2 Å². The lowest BCUT2D eigenvalue weighted by molar-refractivity contribution is -0.138. The molecule has 2 aliphatic rings. The molecule has 12 heteroatoms. The highest BCUT2D eigenvalue weighted by molar-refractivity contribution is 5.89. The van der Waals surface area contributed by atoms with Crippen molar-refractivity contribution in [1.29, 1.82) is 0 Å². The zero-order chi connectivity index (χ0) is 38.7. The number of unbranched alkanes of at least 4 members (excludes halogenated alkanes) is 4. The first-order valence-corrected chi connectivity index (χ1v) is 19.9. The van der Waals surface area contributed by atoms with Crippen molar-refractivity contribution in [1.82, 2.24) is 20.4 Å². The highest BCUT2D eigenvalue weighted by atomic mass is 16.2. The summed E-state index contributed by atoms with van der Waals surface area (Å²) >= 11 is 0. The lowest BCUT2D eigenvalue weighted by Crippen LogP contribution is -2.46. The standard InChI is InChI=1S/C24H31N3O2.C14H27N3O2.C3H10N2/c25-15-5-2-6-16-26-24(29)22-10-7-17-27(22)23(28)18-19-11-13-21(14-12-19)20-8-3-1-4-9-20;1-2-3-4-8-13(18)17-11-5-7-12(17)14(19)16-10-6-9-15;4-2-1-3-5/h1,3-4,8-9,11-14,22H,2,5-7,10,15-18,25H2,(H,26,29);12H,2-11,15H2,1H3,(H,16,19);1-5H2/t22-;12-;/m10./s1. The Morgan fingerprint density at radius 1 is 0.604 bits per heavy atom. The van der Waals surface area contributed by atoms with Crippen LogP contribution in [-0.2, 0) is 25.6 Å². The molecule has 0 unspecified atom stereocenters. The average molecular weight is 737 g/mol. The maximum atomic E-state index is 12.8. The molecule has 2 atom stereocenters. The van der Waals surface area contributed by atoms with Gasteiger partial charge in [0.2, 0.25) is 23.6 Å². The zero-order valence-corrected chi connectivity index (χ0v) is 32.2. The van der Waals surface area contributed by atoms with E-state index in [9.17, 15) is 19.2 Å². The predicted molar refractivity (Wildman–Crippen MR) is 215 cm³/mol. The maximum absolute atomic E-state index is 12.8. The lowest BCUT2D eigenvalue weighted by atomic mass is 10.0. The van der Waals surface area contributed by atoms with Gasteiger partial charge in [-0.3, -0.25) is 19.2 Å². The minimum atomic E-state index is -0.333. The molecule has 12 nitrogen and oxygen atoms in total. The SMILES string of the molecule is CCCCCC(=O)N1CCC[C@H]1C(=O)NCCCN.NCCCCCNC(=O)[C@H]1CCCN1C(=O)Cc1ccc(-c2ccccc2)cc1.NCCCN. The van der Waals surface area contributed by atoms with Gasteiger partial charge in [-0.1, -0.05) is 80.8 Å². The van der Waals surface area contributed by atoms with Crippen LogP contribution in [0.5, 0.6) is 0 Å². The Morgan fingerprint density at radius 2 is 1.13 bits per heavy atom. The molecule has 4 rings (SSSR count). The summed E-state index contributed by atoms with van der Waals surface area (Å²) in [6.45, 7) is 7.45. The average Bonchev–Trinajstić information content (AvgIpc) is 3.88. The summed E-state index contributed by atoms with van der Waals surface area (Å²) in [5.74, 6) is 0.112. The fraction of sp³-hybridized carbons (Fsp3) is 0.610. The molecule has 10 N–H and O–H groups in total. The summed E-state index contributed by atoms with van der Waals surface area (Å²) < 4.78 is 0. The smallest absolute Gasteiger partial charge is 0.242 e. The summed E-state index contributed by atoms with van der Waals surface area (Å²) in [5, 5.41) is 5.85. The number of nitrogens with two attached hydrogens (primary N) is 4. The zero-order valence-electron chi connectivity index (χ0n) is 32.2. The Bertz CT molecular complexity index is 1280. The number of hydrogen-bond donors (Lipinski definition) is 6. The Labute approximate surface area is 318 Å². The molecule has 2 saturated heterocycles. The second-order valence-corrected chi connectivity index (χ2v) is 13.7. The van der Waals surface area contributed by atoms with Gasteiger partial charge >= 0.3 is 0 Å². The molecular weight excluding hydrogens is 669 g/mol. The van der Waals surface area contributed by atoms with Crippen molar-refractivity contribution < 1.29 is 19.2 Å². The van der Waals surface area contributed by atoms with E-state index < -0.39 is 0 Å². The van der Waals surface area contributed by atoms with E-state index in [0.29, 0.717) is 45.6 Å². The largest absolute Gasteiger partial charge is 0.354 e. The Hall–Kier alpha value is -3.84. The topological polar surface area (TPSA) is 203 Å².